The summed E-state index contributed by atoms with van der Waals surface area (Å²) < 4.78 is 24.1. The van der Waals surface area contributed by atoms with Gasteiger partial charge in [-0.25, -0.2) is 4.79 Å². The zero-order chi connectivity index (χ0) is 26.9. The van der Waals surface area contributed by atoms with Gasteiger partial charge in [0.25, 0.3) is 0 Å². The van der Waals surface area contributed by atoms with Crippen LogP contribution in [0.3, 0.4) is 0 Å². The maximum Gasteiger partial charge on any atom is 0.336 e. The summed E-state index contributed by atoms with van der Waals surface area (Å²) in [5, 5.41) is 21.2. The number of carbonyl (C=O) groups excluding carboxylic acids is 1. The minimum atomic E-state index is -1.34. The van der Waals surface area contributed by atoms with Crippen LogP contribution in [0.2, 0.25) is 0 Å². The zero-order valence-corrected chi connectivity index (χ0v) is 23.1. The molecule has 1 aliphatic carbocycles. The van der Waals surface area contributed by atoms with E-state index in [-0.39, 0.29) is 17.9 Å². The Bertz CT molecular complexity index is 1010. The molecule has 0 radical (unpaired) electrons. The van der Waals surface area contributed by atoms with Crippen LogP contribution < -0.4 is 0 Å². The number of aliphatic hydroxyl groups is 2. The van der Waals surface area contributed by atoms with Gasteiger partial charge in [0, 0.05) is 12.8 Å². The quantitative estimate of drug-likeness (QED) is 0.317. The van der Waals surface area contributed by atoms with Gasteiger partial charge in [0.2, 0.25) is 5.79 Å². The summed E-state index contributed by atoms with van der Waals surface area (Å²) in [7, 11) is 0. The van der Waals surface area contributed by atoms with Crippen LogP contribution in [0, 0.1) is 17.3 Å². The first-order valence-electron chi connectivity index (χ1n) is 13.9. The maximum absolute atomic E-state index is 11.9. The summed E-state index contributed by atoms with van der Waals surface area (Å²) in [5.41, 5.74) is 1.50. The lowest BCUT2D eigenvalue weighted by atomic mass is 9.58. The van der Waals surface area contributed by atoms with Crippen LogP contribution in [0.5, 0.6) is 0 Å². The predicted octanol–water partition coefficient (Wildman–Crippen LogP) is 4.72. The molecule has 37 heavy (non-hydrogen) atoms. The van der Waals surface area contributed by atoms with E-state index in [9.17, 15) is 15.0 Å². The highest BCUT2D eigenvalue weighted by molar-refractivity contribution is 5.91. The van der Waals surface area contributed by atoms with Crippen molar-refractivity contribution < 1.29 is 34.0 Å². The van der Waals surface area contributed by atoms with E-state index >= 15 is 0 Å². The molecule has 6 atom stereocenters. The van der Waals surface area contributed by atoms with Crippen LogP contribution in [0.1, 0.15) is 86.0 Å². The Hall–Kier alpha value is -1.51. The molecule has 2 N–H and O–H groups in total. The molecule has 5 saturated heterocycles. The van der Waals surface area contributed by atoms with Gasteiger partial charge in [0.1, 0.15) is 23.9 Å². The van der Waals surface area contributed by atoms with Gasteiger partial charge in [-0.15, -0.1) is 0 Å². The predicted molar refractivity (Wildman–Crippen MR) is 138 cm³/mol. The van der Waals surface area contributed by atoms with Gasteiger partial charge >= 0.3 is 5.97 Å². The molecule has 0 amide bonds. The number of aliphatic hydroxyl groups excluding tert-OH is 1. The van der Waals surface area contributed by atoms with E-state index in [0.717, 1.165) is 25.7 Å². The van der Waals surface area contributed by atoms with Gasteiger partial charge < -0.3 is 29.2 Å². The molecule has 2 bridgehead atoms. The third kappa shape index (κ3) is 4.35. The summed E-state index contributed by atoms with van der Waals surface area (Å²) >= 11 is 0. The van der Waals surface area contributed by atoms with Gasteiger partial charge in [-0.1, -0.05) is 38.2 Å². The normalized spacial score (nSPS) is 45.1. The van der Waals surface area contributed by atoms with E-state index in [2.05, 4.69) is 33.4 Å². The van der Waals surface area contributed by atoms with Crippen LogP contribution in [0.25, 0.3) is 0 Å². The third-order valence-corrected chi connectivity index (χ3v) is 10.3. The Morgan fingerprint density at radius 1 is 1.03 bits per heavy atom. The number of rotatable bonds is 4. The molecule has 1 spiro atoms. The second kappa shape index (κ2) is 9.02. The first-order valence-corrected chi connectivity index (χ1v) is 13.9. The van der Waals surface area contributed by atoms with E-state index in [1.165, 1.54) is 11.1 Å². The topological polar surface area (TPSA) is 94.5 Å². The lowest BCUT2D eigenvalue weighted by molar-refractivity contribution is -0.518. The van der Waals surface area contributed by atoms with Crippen LogP contribution in [-0.2, 0) is 23.7 Å². The minimum Gasteiger partial charge on any atom is -0.459 e. The fourth-order valence-corrected chi connectivity index (χ4v) is 7.41. The summed E-state index contributed by atoms with van der Waals surface area (Å²) in [6.07, 6.45) is 9.82. The number of ether oxygens (including phenoxy) is 4. The number of cyclic esters (lactones) is 1. The zero-order valence-electron chi connectivity index (χ0n) is 23.1. The van der Waals surface area contributed by atoms with E-state index in [1.54, 1.807) is 0 Å². The molecule has 0 aromatic rings. The van der Waals surface area contributed by atoms with Crippen molar-refractivity contribution in [1.82, 2.24) is 0 Å². The molecule has 6 fully saturated rings. The van der Waals surface area contributed by atoms with Crippen molar-refractivity contribution in [2.75, 3.05) is 13.2 Å². The first kappa shape index (κ1) is 27.1. The van der Waals surface area contributed by atoms with E-state index in [1.807, 2.05) is 19.9 Å². The highest BCUT2D eigenvalue weighted by Gasteiger charge is 2.70. The summed E-state index contributed by atoms with van der Waals surface area (Å²) in [5.74, 6) is -1.96. The monoisotopic (exact) mass is 516 g/mol. The van der Waals surface area contributed by atoms with Gasteiger partial charge in [0.15, 0.2) is 5.79 Å². The van der Waals surface area contributed by atoms with Crippen LogP contribution in [0.15, 0.2) is 35.5 Å². The number of hydrogen-bond donors (Lipinski definition) is 2. The Kier molecular flexibility index (Phi) is 6.60. The second-order valence-electron chi connectivity index (χ2n) is 13.1. The Morgan fingerprint density at radius 2 is 1.78 bits per heavy atom. The Balaban J connectivity index is 1.24. The molecule has 1 saturated carbocycles. The largest absolute Gasteiger partial charge is 0.459 e. The minimum absolute atomic E-state index is 0.00450. The van der Waals surface area contributed by atoms with E-state index in [4.69, 9.17) is 18.9 Å². The number of fused-ring (bicyclic) bond motifs is 2. The molecule has 0 unspecified atom stereocenters. The van der Waals surface area contributed by atoms with Crippen molar-refractivity contribution in [3.8, 4) is 0 Å². The maximum atomic E-state index is 11.9. The fourth-order valence-electron chi connectivity index (χ4n) is 7.41. The highest BCUT2D eigenvalue weighted by atomic mass is 16.8. The molecule has 7 heteroatoms. The number of hydrogen-bond acceptors (Lipinski definition) is 7. The molecule has 7 nitrogen and oxygen atoms in total. The second-order valence-corrected chi connectivity index (χ2v) is 13.1. The average Bonchev–Trinajstić information content (AvgIpc) is 3.13. The average molecular weight is 517 g/mol. The van der Waals surface area contributed by atoms with Gasteiger partial charge in [-0.05, 0) is 82.1 Å². The van der Waals surface area contributed by atoms with Crippen LogP contribution >= 0.6 is 0 Å². The van der Waals surface area contributed by atoms with Gasteiger partial charge in [-0.3, -0.25) is 0 Å². The standard InChI is InChI=1S/C30H44O7/c1-19-7-9-21(26(2,3)23(19)12-11-22-24(31)18-34-25(22)32)10-8-20-13-14-30(35-17-20)28(6)15-16-29(33,37-30)27(4,5)36-28/h8,11,21,23-24,31,33H,1,7,9-10,12-18H2,2-6H3/b20-8-,22-11-/t21-,23-,24-,28+,29+,30-/m0/s1. The van der Waals surface area contributed by atoms with Crippen molar-refractivity contribution >= 4 is 5.97 Å². The molecular formula is C30H44O7. The molecule has 5 heterocycles. The molecule has 206 valence electrons. The van der Waals surface area contributed by atoms with Crippen molar-refractivity contribution in [3.05, 3.63) is 35.5 Å². The number of carbonyl (C=O) groups is 1. The SMILES string of the molecule is C=C1CC[C@@H](C/C=C2/CC[C@]3(OC2)O[C@]2(O)CC[C@@]3(C)OC2(C)C)C(C)(C)[C@H]1C/C=C1\C(=O)OC[C@@H]1O. The molecular weight excluding hydrogens is 472 g/mol. The third-order valence-electron chi connectivity index (χ3n) is 10.3. The Labute approximate surface area is 220 Å². The molecule has 6 rings (SSSR count). The van der Waals surface area contributed by atoms with Crippen LogP contribution in [0.4, 0.5) is 0 Å². The summed E-state index contributed by atoms with van der Waals surface area (Å²) in [6, 6.07) is 0. The lowest BCUT2D eigenvalue weighted by Crippen LogP contribution is -2.78. The van der Waals surface area contributed by atoms with Crippen molar-refractivity contribution in [2.45, 2.75) is 115 Å². The number of allylic oxidation sites excluding steroid dienone is 3. The first-order chi connectivity index (χ1) is 17.2. The Morgan fingerprint density at radius 3 is 2.41 bits per heavy atom. The molecule has 6 aliphatic rings. The summed E-state index contributed by atoms with van der Waals surface area (Å²) in [4.78, 5) is 11.9. The van der Waals surface area contributed by atoms with Gasteiger partial charge in [0.05, 0.1) is 12.2 Å². The molecule has 0 aromatic carbocycles. The highest BCUT2D eigenvalue weighted by Crippen LogP contribution is 2.59. The van der Waals surface area contributed by atoms with E-state index < -0.39 is 34.8 Å². The van der Waals surface area contributed by atoms with E-state index in [0.29, 0.717) is 43.8 Å². The van der Waals surface area contributed by atoms with Crippen molar-refractivity contribution in [2.24, 2.45) is 17.3 Å². The molecule has 5 aliphatic heterocycles. The molecule has 0 aromatic heterocycles. The number of esters is 1. The lowest BCUT2D eigenvalue weighted by Gasteiger charge is -2.66. The summed E-state index contributed by atoms with van der Waals surface area (Å²) in [6.45, 7) is 15.3. The van der Waals surface area contributed by atoms with Crippen LogP contribution in [-0.4, -0.2) is 58.3 Å². The van der Waals surface area contributed by atoms with Crippen molar-refractivity contribution in [1.29, 1.82) is 0 Å². The smallest absolute Gasteiger partial charge is 0.336 e. The fraction of sp³-hybridized carbons (Fsp3) is 0.767. The van der Waals surface area contributed by atoms with Gasteiger partial charge in [-0.2, -0.15) is 0 Å². The van der Waals surface area contributed by atoms with Crippen molar-refractivity contribution in [3.63, 3.8) is 0 Å².